The fourth-order valence-corrected chi connectivity index (χ4v) is 5.50. The van der Waals surface area contributed by atoms with Crippen LogP contribution in [0.4, 0.5) is 0 Å². The Kier molecular flexibility index (Phi) is 9.17. The van der Waals surface area contributed by atoms with Crippen LogP contribution in [0.1, 0.15) is 80.0 Å². The van der Waals surface area contributed by atoms with E-state index in [0.717, 1.165) is 66.4 Å². The van der Waals surface area contributed by atoms with Crippen molar-refractivity contribution >= 4 is 28.2 Å². The van der Waals surface area contributed by atoms with Crippen LogP contribution in [0, 0.1) is 0 Å². The van der Waals surface area contributed by atoms with Crippen molar-refractivity contribution in [1.29, 1.82) is 0 Å². The van der Waals surface area contributed by atoms with Gasteiger partial charge in [0.25, 0.3) is 5.91 Å². The summed E-state index contributed by atoms with van der Waals surface area (Å²) in [4.78, 5) is 38.6. The molecule has 0 aromatic carbocycles. The molecule has 220 valence electrons. The maximum absolute atomic E-state index is 13.6. The number of ketones is 1. The van der Waals surface area contributed by atoms with Crippen molar-refractivity contribution < 1.29 is 9.59 Å². The molecule has 4 aromatic rings. The minimum absolute atomic E-state index is 0.0302. The van der Waals surface area contributed by atoms with E-state index in [1.54, 1.807) is 16.9 Å². The number of unbranched alkanes of at least 4 members (excludes halogenated alkanes) is 3. The van der Waals surface area contributed by atoms with E-state index >= 15 is 0 Å². The number of nitrogens with zero attached hydrogens (tertiary/aromatic N) is 5. The molecule has 3 N–H and O–H groups in total. The molecule has 4 aromatic heterocycles. The van der Waals surface area contributed by atoms with Crippen LogP contribution in [-0.4, -0.2) is 67.3 Å². The fourth-order valence-electron chi connectivity index (χ4n) is 5.50. The van der Waals surface area contributed by atoms with E-state index in [4.69, 9.17) is 5.73 Å². The third-order valence-corrected chi connectivity index (χ3v) is 8.16. The highest BCUT2D eigenvalue weighted by Gasteiger charge is 2.25. The average Bonchev–Trinajstić information content (AvgIpc) is 3.64. The van der Waals surface area contributed by atoms with E-state index in [-0.39, 0.29) is 11.7 Å². The summed E-state index contributed by atoms with van der Waals surface area (Å²) in [6.07, 6.45) is 16.7. The van der Waals surface area contributed by atoms with Gasteiger partial charge in [-0.2, -0.15) is 5.10 Å². The van der Waals surface area contributed by atoms with Gasteiger partial charge in [-0.3, -0.25) is 9.59 Å². The SMILES string of the molecule is C/C=C1\CN(C(=O)c2cnc3[nH]cc(-c4ccn5ncc(C(=O)CCCCCCN)c5c4)c3c2)CCN1/C=C(/C)CC. The molecule has 0 aliphatic carbocycles. The Morgan fingerprint density at radius 1 is 1.12 bits per heavy atom. The normalized spacial score (nSPS) is 15.3. The number of fused-ring (bicyclic) bond motifs is 2. The molecule has 5 heterocycles. The zero-order valence-corrected chi connectivity index (χ0v) is 24.9. The molecule has 1 fully saturated rings. The number of nitrogens with two attached hydrogens (primary N) is 1. The first kappa shape index (κ1) is 29.3. The van der Waals surface area contributed by atoms with Crippen LogP contribution < -0.4 is 5.73 Å². The smallest absolute Gasteiger partial charge is 0.255 e. The monoisotopic (exact) mass is 567 g/mol. The number of Topliss-reactive ketones (excluding diaryl/α,β-unsaturated/α-hetero) is 1. The lowest BCUT2D eigenvalue weighted by molar-refractivity contribution is 0.0720. The Balaban J connectivity index is 1.37. The van der Waals surface area contributed by atoms with Gasteiger partial charge in [-0.1, -0.05) is 31.4 Å². The lowest BCUT2D eigenvalue weighted by Crippen LogP contribution is -2.45. The van der Waals surface area contributed by atoms with Gasteiger partial charge in [0.15, 0.2) is 5.78 Å². The first-order valence-corrected chi connectivity index (χ1v) is 15.0. The van der Waals surface area contributed by atoms with Crippen molar-refractivity contribution in [3.05, 3.63) is 77.7 Å². The highest BCUT2D eigenvalue weighted by molar-refractivity contribution is 6.04. The first-order chi connectivity index (χ1) is 20.4. The molecular formula is C33H41N7O2. The first-order valence-electron chi connectivity index (χ1n) is 15.0. The molecule has 1 saturated heterocycles. The number of piperazine rings is 1. The zero-order chi connectivity index (χ0) is 29.6. The van der Waals surface area contributed by atoms with Crippen molar-refractivity contribution in [2.45, 2.75) is 59.3 Å². The van der Waals surface area contributed by atoms with Crippen molar-refractivity contribution in [1.82, 2.24) is 29.4 Å². The Morgan fingerprint density at radius 2 is 1.95 bits per heavy atom. The number of aromatic nitrogens is 4. The van der Waals surface area contributed by atoms with Gasteiger partial charge in [0, 0.05) is 60.9 Å². The van der Waals surface area contributed by atoms with Crippen LogP contribution in [0.15, 0.2) is 66.5 Å². The zero-order valence-electron chi connectivity index (χ0n) is 24.9. The summed E-state index contributed by atoms with van der Waals surface area (Å²) in [6, 6.07) is 5.89. The highest BCUT2D eigenvalue weighted by Crippen LogP contribution is 2.31. The number of hydrogen-bond acceptors (Lipinski definition) is 6. The molecular weight excluding hydrogens is 526 g/mol. The van der Waals surface area contributed by atoms with Crippen LogP contribution in [0.5, 0.6) is 0 Å². The van der Waals surface area contributed by atoms with Crippen molar-refractivity contribution in [2.75, 3.05) is 26.2 Å². The number of allylic oxidation sites excluding steroid dienone is 2. The van der Waals surface area contributed by atoms with Crippen LogP contribution >= 0.6 is 0 Å². The summed E-state index contributed by atoms with van der Waals surface area (Å²) < 4.78 is 1.74. The Hall–Kier alpha value is -4.24. The van der Waals surface area contributed by atoms with Crippen LogP contribution in [0.2, 0.25) is 0 Å². The van der Waals surface area contributed by atoms with E-state index < -0.39 is 0 Å². The molecule has 0 bridgehead atoms. The molecule has 1 aliphatic rings. The molecule has 5 rings (SSSR count). The second-order valence-electron chi connectivity index (χ2n) is 11.0. The number of rotatable bonds is 11. The van der Waals surface area contributed by atoms with Gasteiger partial charge in [-0.15, -0.1) is 0 Å². The van der Waals surface area contributed by atoms with Gasteiger partial charge >= 0.3 is 0 Å². The van der Waals surface area contributed by atoms with Crippen LogP contribution in [0.3, 0.4) is 0 Å². The van der Waals surface area contributed by atoms with E-state index in [9.17, 15) is 9.59 Å². The van der Waals surface area contributed by atoms with E-state index in [1.807, 2.05) is 42.4 Å². The number of carbonyl (C=O) groups is 2. The van der Waals surface area contributed by atoms with Crippen LogP contribution in [-0.2, 0) is 0 Å². The topological polar surface area (TPSA) is 113 Å². The molecule has 9 nitrogen and oxygen atoms in total. The highest BCUT2D eigenvalue weighted by atomic mass is 16.2. The Morgan fingerprint density at radius 3 is 2.74 bits per heavy atom. The minimum atomic E-state index is -0.0302. The molecule has 1 amide bonds. The average molecular weight is 568 g/mol. The van der Waals surface area contributed by atoms with Gasteiger partial charge in [-0.25, -0.2) is 9.50 Å². The molecule has 0 unspecified atom stereocenters. The Labute approximate surface area is 247 Å². The Bertz CT molecular complexity index is 1640. The van der Waals surface area contributed by atoms with Crippen LogP contribution in [0.25, 0.3) is 27.7 Å². The summed E-state index contributed by atoms with van der Waals surface area (Å²) in [5, 5.41) is 5.27. The molecule has 0 spiro atoms. The lowest BCUT2D eigenvalue weighted by atomic mass is 10.0. The van der Waals surface area contributed by atoms with E-state index in [2.05, 4.69) is 46.1 Å². The van der Waals surface area contributed by atoms with E-state index in [1.165, 1.54) is 5.57 Å². The maximum atomic E-state index is 13.6. The molecule has 9 heteroatoms. The number of pyridine rings is 2. The summed E-state index contributed by atoms with van der Waals surface area (Å²) in [7, 11) is 0. The third-order valence-electron chi connectivity index (χ3n) is 8.16. The molecule has 0 saturated carbocycles. The number of aromatic amines is 1. The van der Waals surface area contributed by atoms with Gasteiger partial charge in [0.1, 0.15) is 5.65 Å². The van der Waals surface area contributed by atoms with Crippen molar-refractivity contribution in [3.8, 4) is 11.1 Å². The standard InChI is InChI=1S/C33H41N7O2/c1-4-23(3)21-38-14-15-39(22-26(38)5-2)33(42)25-16-27-28(19-36-32(27)35-18-25)24-11-13-40-30(17-24)29(20-37-40)31(41)10-8-6-7-9-12-34/h5,11,13,16-21H,4,6-10,12,14-15,22,34H2,1-3H3,(H,35,36)/b23-21-,26-5+. The molecule has 0 atom stereocenters. The number of hydrogen-bond donors (Lipinski definition) is 2. The van der Waals surface area contributed by atoms with Crippen molar-refractivity contribution in [3.63, 3.8) is 0 Å². The quantitative estimate of drug-likeness (QED) is 0.171. The van der Waals surface area contributed by atoms with Gasteiger partial charge < -0.3 is 20.5 Å². The maximum Gasteiger partial charge on any atom is 0.255 e. The van der Waals surface area contributed by atoms with Gasteiger partial charge in [0.05, 0.1) is 29.4 Å². The fraction of sp³-hybridized carbons (Fsp3) is 0.394. The second-order valence-corrected chi connectivity index (χ2v) is 11.0. The number of H-pyrrole nitrogens is 1. The second kappa shape index (κ2) is 13.2. The molecule has 1 aliphatic heterocycles. The predicted molar refractivity (Wildman–Crippen MR) is 167 cm³/mol. The summed E-state index contributed by atoms with van der Waals surface area (Å²) in [5.41, 5.74) is 12.5. The van der Waals surface area contributed by atoms with Crippen molar-refractivity contribution in [2.24, 2.45) is 5.73 Å². The number of amides is 1. The van der Waals surface area contributed by atoms with E-state index in [0.29, 0.717) is 42.8 Å². The van der Waals surface area contributed by atoms with Gasteiger partial charge in [-0.05, 0) is 63.4 Å². The lowest BCUT2D eigenvalue weighted by Gasteiger charge is -2.36. The largest absolute Gasteiger partial charge is 0.348 e. The number of nitrogens with one attached hydrogen (secondary N) is 1. The molecule has 0 radical (unpaired) electrons. The minimum Gasteiger partial charge on any atom is -0.348 e. The summed E-state index contributed by atoms with van der Waals surface area (Å²) in [6.45, 7) is 8.95. The predicted octanol–water partition coefficient (Wildman–Crippen LogP) is 5.94. The molecule has 42 heavy (non-hydrogen) atoms. The van der Waals surface area contributed by atoms with Gasteiger partial charge in [0.2, 0.25) is 0 Å². The third kappa shape index (κ3) is 6.16. The summed E-state index contributed by atoms with van der Waals surface area (Å²) >= 11 is 0. The number of carbonyl (C=O) groups excluding carboxylic acids is 2. The summed E-state index contributed by atoms with van der Waals surface area (Å²) in [5.74, 6) is 0.0710.